The third-order valence-corrected chi connectivity index (χ3v) is 1.26. The van der Waals surface area contributed by atoms with Gasteiger partial charge in [0.25, 0.3) is 0 Å². The van der Waals surface area contributed by atoms with Crippen LogP contribution in [0.5, 0.6) is 0 Å². The van der Waals surface area contributed by atoms with E-state index in [0.717, 1.165) is 18.6 Å². The fraction of sp³-hybridized carbons (Fsp3) is 0. The second-order valence-corrected chi connectivity index (χ2v) is 2.11. The molecule has 0 aliphatic heterocycles. The zero-order valence-corrected chi connectivity index (χ0v) is 6.44. The van der Waals surface area contributed by atoms with Crippen molar-refractivity contribution < 1.29 is 14.3 Å². The van der Waals surface area contributed by atoms with Crippen molar-refractivity contribution in [2.24, 2.45) is 5.73 Å². The van der Waals surface area contributed by atoms with Gasteiger partial charge in [-0.05, 0) is 0 Å². The normalized spacial score (nSPS) is 11.3. The third-order valence-electron chi connectivity index (χ3n) is 1.26. The highest BCUT2D eigenvalue weighted by Gasteiger charge is 2.12. The van der Waals surface area contributed by atoms with Gasteiger partial charge in [0.05, 0.1) is 12.4 Å². The van der Waals surface area contributed by atoms with E-state index < -0.39 is 11.8 Å². The van der Waals surface area contributed by atoms with Crippen LogP contribution in [-0.2, 0) is 4.79 Å². The second-order valence-electron chi connectivity index (χ2n) is 2.11. The van der Waals surface area contributed by atoms with Crippen molar-refractivity contribution in [3.05, 3.63) is 30.2 Å². The molecule has 6 heteroatoms. The summed E-state index contributed by atoms with van der Waals surface area (Å²) < 4.78 is 12.3. The van der Waals surface area contributed by atoms with Gasteiger partial charge in [-0.1, -0.05) is 0 Å². The van der Waals surface area contributed by atoms with Crippen molar-refractivity contribution in [1.29, 1.82) is 0 Å². The number of carbonyl (C=O) groups is 1. The molecule has 0 amide bonds. The lowest BCUT2D eigenvalue weighted by Crippen LogP contribution is -2.06. The summed E-state index contributed by atoms with van der Waals surface area (Å²) in [5.41, 5.74) is 4.76. The van der Waals surface area contributed by atoms with Crippen molar-refractivity contribution in [1.82, 2.24) is 9.97 Å². The molecule has 0 atom stereocenters. The van der Waals surface area contributed by atoms with Crippen LogP contribution in [0.4, 0.5) is 4.39 Å². The SMILES string of the molecule is N/C=C(/C(=O)O)c1ncc(F)cn1. The van der Waals surface area contributed by atoms with Crippen LogP contribution in [0.1, 0.15) is 5.82 Å². The van der Waals surface area contributed by atoms with E-state index in [0.29, 0.717) is 0 Å². The Morgan fingerprint density at radius 2 is 2.08 bits per heavy atom. The Morgan fingerprint density at radius 1 is 1.54 bits per heavy atom. The van der Waals surface area contributed by atoms with E-state index >= 15 is 0 Å². The number of rotatable bonds is 2. The van der Waals surface area contributed by atoms with Gasteiger partial charge < -0.3 is 10.8 Å². The van der Waals surface area contributed by atoms with Gasteiger partial charge in [0.1, 0.15) is 5.57 Å². The van der Waals surface area contributed by atoms with Gasteiger partial charge in [-0.25, -0.2) is 19.2 Å². The fourth-order valence-electron chi connectivity index (χ4n) is 0.693. The summed E-state index contributed by atoms with van der Waals surface area (Å²) in [6, 6.07) is 0. The van der Waals surface area contributed by atoms with Gasteiger partial charge >= 0.3 is 5.97 Å². The first-order valence-electron chi connectivity index (χ1n) is 3.28. The molecule has 0 saturated carbocycles. The average Bonchev–Trinajstić information content (AvgIpc) is 2.09. The molecule has 1 aromatic rings. The van der Waals surface area contributed by atoms with Crippen LogP contribution >= 0.6 is 0 Å². The molecule has 1 heterocycles. The molecule has 0 fully saturated rings. The van der Waals surface area contributed by atoms with Crippen LogP contribution in [0.2, 0.25) is 0 Å². The van der Waals surface area contributed by atoms with Crippen molar-refractivity contribution in [3.63, 3.8) is 0 Å². The molecule has 0 aliphatic carbocycles. The largest absolute Gasteiger partial charge is 0.477 e. The van der Waals surface area contributed by atoms with Crippen LogP contribution in [0, 0.1) is 5.82 Å². The smallest absolute Gasteiger partial charge is 0.341 e. The summed E-state index contributed by atoms with van der Waals surface area (Å²) in [7, 11) is 0. The van der Waals surface area contributed by atoms with E-state index in [1.165, 1.54) is 0 Å². The molecular weight excluding hydrogens is 177 g/mol. The summed E-state index contributed by atoms with van der Waals surface area (Å²) in [6.45, 7) is 0. The predicted octanol–water partition coefficient (Wildman–Crippen LogP) is -0.000100. The lowest BCUT2D eigenvalue weighted by atomic mass is 10.3. The monoisotopic (exact) mass is 183 g/mol. The first-order chi connectivity index (χ1) is 6.15. The van der Waals surface area contributed by atoms with E-state index in [9.17, 15) is 9.18 Å². The minimum Gasteiger partial charge on any atom is -0.477 e. The van der Waals surface area contributed by atoms with E-state index in [-0.39, 0.29) is 11.4 Å². The van der Waals surface area contributed by atoms with Crippen LogP contribution in [0.15, 0.2) is 18.6 Å². The Hall–Kier alpha value is -1.98. The van der Waals surface area contributed by atoms with E-state index in [4.69, 9.17) is 10.8 Å². The number of nitrogens with zero attached hydrogens (tertiary/aromatic N) is 2. The summed E-state index contributed by atoms with van der Waals surface area (Å²) in [5.74, 6) is -2.00. The summed E-state index contributed by atoms with van der Waals surface area (Å²) >= 11 is 0. The summed E-state index contributed by atoms with van der Waals surface area (Å²) in [4.78, 5) is 17.4. The van der Waals surface area contributed by atoms with Gasteiger partial charge in [-0.3, -0.25) is 0 Å². The average molecular weight is 183 g/mol. The molecule has 1 rings (SSSR count). The molecule has 0 saturated heterocycles. The van der Waals surface area contributed by atoms with Gasteiger partial charge in [-0.15, -0.1) is 0 Å². The Balaban J connectivity index is 3.07. The van der Waals surface area contributed by atoms with E-state index in [1.54, 1.807) is 0 Å². The molecule has 0 radical (unpaired) electrons. The molecule has 5 nitrogen and oxygen atoms in total. The maximum absolute atomic E-state index is 12.3. The first-order valence-corrected chi connectivity index (χ1v) is 3.28. The Morgan fingerprint density at radius 3 is 2.46 bits per heavy atom. The number of nitrogens with two attached hydrogens (primary N) is 1. The Labute approximate surface area is 72.7 Å². The Kier molecular flexibility index (Phi) is 2.53. The van der Waals surface area contributed by atoms with Gasteiger partial charge in [0.15, 0.2) is 11.6 Å². The highest BCUT2D eigenvalue weighted by Crippen LogP contribution is 2.06. The summed E-state index contributed by atoms with van der Waals surface area (Å²) in [5, 5.41) is 8.57. The first kappa shape index (κ1) is 9.11. The van der Waals surface area contributed by atoms with Crippen LogP contribution in [0.3, 0.4) is 0 Å². The molecular formula is C7H6FN3O2. The highest BCUT2D eigenvalue weighted by molar-refractivity contribution is 6.13. The number of aliphatic carboxylic acids is 1. The molecule has 1 aromatic heterocycles. The number of carboxylic acid groups (broad SMARTS) is 1. The topological polar surface area (TPSA) is 89.1 Å². The molecule has 0 spiro atoms. The second kappa shape index (κ2) is 3.61. The fourth-order valence-corrected chi connectivity index (χ4v) is 0.693. The molecule has 13 heavy (non-hydrogen) atoms. The number of aromatic nitrogens is 2. The Bertz CT molecular complexity index is 347. The standard InChI is InChI=1S/C7H6FN3O2/c8-4-2-10-6(11-3-4)5(1-9)7(12)13/h1-3H,9H2,(H,12,13)/b5-1+. The lowest BCUT2D eigenvalue weighted by Gasteiger charge is -1.97. The number of hydrogen-bond donors (Lipinski definition) is 2. The van der Waals surface area contributed by atoms with Gasteiger partial charge in [-0.2, -0.15) is 0 Å². The molecule has 3 N–H and O–H groups in total. The van der Waals surface area contributed by atoms with Crippen LogP contribution in [0.25, 0.3) is 5.57 Å². The molecule has 0 aromatic carbocycles. The van der Waals surface area contributed by atoms with Crippen molar-refractivity contribution >= 4 is 11.5 Å². The van der Waals surface area contributed by atoms with Crippen LogP contribution in [-0.4, -0.2) is 21.0 Å². The van der Waals surface area contributed by atoms with Crippen molar-refractivity contribution in [3.8, 4) is 0 Å². The molecule has 0 bridgehead atoms. The van der Waals surface area contributed by atoms with Gasteiger partial charge in [0, 0.05) is 6.20 Å². The molecule has 68 valence electrons. The number of carboxylic acids is 1. The van der Waals surface area contributed by atoms with E-state index in [1.807, 2.05) is 0 Å². The maximum Gasteiger partial charge on any atom is 0.341 e. The van der Waals surface area contributed by atoms with Crippen molar-refractivity contribution in [2.75, 3.05) is 0 Å². The number of halogens is 1. The quantitative estimate of drug-likeness (QED) is 0.630. The molecule has 0 unspecified atom stereocenters. The minimum absolute atomic E-state index is 0.114. The minimum atomic E-state index is -1.26. The van der Waals surface area contributed by atoms with E-state index in [2.05, 4.69) is 9.97 Å². The zero-order chi connectivity index (χ0) is 9.84. The third kappa shape index (κ3) is 1.98. The zero-order valence-electron chi connectivity index (χ0n) is 6.44. The van der Waals surface area contributed by atoms with Crippen LogP contribution < -0.4 is 5.73 Å². The predicted molar refractivity (Wildman–Crippen MR) is 41.8 cm³/mol. The number of hydrogen-bond acceptors (Lipinski definition) is 4. The maximum atomic E-state index is 12.3. The molecule has 0 aliphatic rings. The van der Waals surface area contributed by atoms with Gasteiger partial charge in [0.2, 0.25) is 0 Å². The summed E-state index contributed by atoms with van der Waals surface area (Å²) in [6.07, 6.45) is 2.60. The highest BCUT2D eigenvalue weighted by atomic mass is 19.1. The van der Waals surface area contributed by atoms with Crippen molar-refractivity contribution in [2.45, 2.75) is 0 Å². The lowest BCUT2D eigenvalue weighted by molar-refractivity contribution is -0.130.